The molecule has 0 bridgehead atoms. The average Bonchev–Trinajstić information content (AvgIpc) is 2.82. The molecule has 0 heterocycles. The SMILES string of the molecule is CCOc1ccccc1N(CC(=O)NCc1ccccc1OC)S(=O)(=O)c1ccc(Cl)cc1. The van der Waals surface area contributed by atoms with Crippen LogP contribution in [0, 0.1) is 0 Å². The zero-order valence-electron chi connectivity index (χ0n) is 18.3. The fourth-order valence-electron chi connectivity index (χ4n) is 3.20. The Bertz CT molecular complexity index is 1200. The molecule has 0 aliphatic rings. The summed E-state index contributed by atoms with van der Waals surface area (Å²) in [6.45, 7) is 1.88. The molecule has 0 aromatic heterocycles. The molecule has 9 heteroatoms. The largest absolute Gasteiger partial charge is 0.496 e. The molecule has 174 valence electrons. The summed E-state index contributed by atoms with van der Waals surface area (Å²) in [6, 6.07) is 19.8. The molecule has 3 aromatic carbocycles. The van der Waals surface area contributed by atoms with Crippen molar-refractivity contribution in [2.75, 3.05) is 24.6 Å². The van der Waals surface area contributed by atoms with Crippen LogP contribution in [0.4, 0.5) is 5.69 Å². The smallest absolute Gasteiger partial charge is 0.264 e. The van der Waals surface area contributed by atoms with Crippen LogP contribution in [0.1, 0.15) is 12.5 Å². The second kappa shape index (κ2) is 11.1. The Labute approximate surface area is 198 Å². The molecule has 3 rings (SSSR count). The van der Waals surface area contributed by atoms with Crippen LogP contribution in [-0.2, 0) is 21.4 Å². The molecule has 1 amide bonds. The zero-order valence-corrected chi connectivity index (χ0v) is 19.9. The van der Waals surface area contributed by atoms with Crippen molar-refractivity contribution in [3.8, 4) is 11.5 Å². The maximum absolute atomic E-state index is 13.5. The number of methoxy groups -OCH3 is 1. The fourth-order valence-corrected chi connectivity index (χ4v) is 4.76. The van der Waals surface area contributed by atoms with Crippen LogP contribution in [0.5, 0.6) is 11.5 Å². The minimum atomic E-state index is -4.09. The first-order chi connectivity index (χ1) is 15.9. The number of carbonyl (C=O) groups is 1. The van der Waals surface area contributed by atoms with Crippen molar-refractivity contribution >= 4 is 33.2 Å². The lowest BCUT2D eigenvalue weighted by molar-refractivity contribution is -0.119. The summed E-state index contributed by atoms with van der Waals surface area (Å²) in [5, 5.41) is 3.18. The molecular weight excluding hydrogens is 464 g/mol. The first-order valence-electron chi connectivity index (χ1n) is 10.3. The summed E-state index contributed by atoms with van der Waals surface area (Å²) in [4.78, 5) is 12.9. The van der Waals surface area contributed by atoms with E-state index < -0.39 is 22.5 Å². The molecule has 0 fully saturated rings. The maximum Gasteiger partial charge on any atom is 0.264 e. The molecule has 33 heavy (non-hydrogen) atoms. The van der Waals surface area contributed by atoms with E-state index in [9.17, 15) is 13.2 Å². The molecule has 0 atom stereocenters. The van der Waals surface area contributed by atoms with Gasteiger partial charge in [0.05, 0.1) is 24.3 Å². The minimum Gasteiger partial charge on any atom is -0.496 e. The van der Waals surface area contributed by atoms with Crippen LogP contribution in [0.2, 0.25) is 5.02 Å². The van der Waals surface area contributed by atoms with Crippen LogP contribution in [0.3, 0.4) is 0 Å². The van der Waals surface area contributed by atoms with Crippen molar-refractivity contribution in [3.05, 3.63) is 83.4 Å². The number of para-hydroxylation sites is 3. The highest BCUT2D eigenvalue weighted by atomic mass is 35.5. The summed E-state index contributed by atoms with van der Waals surface area (Å²) >= 11 is 5.93. The Morgan fingerprint density at radius 2 is 1.61 bits per heavy atom. The summed E-state index contributed by atoms with van der Waals surface area (Å²) < 4.78 is 39.1. The molecule has 0 aliphatic heterocycles. The Kier molecular flexibility index (Phi) is 8.19. The number of nitrogens with one attached hydrogen (secondary N) is 1. The van der Waals surface area contributed by atoms with E-state index in [4.69, 9.17) is 21.1 Å². The van der Waals surface area contributed by atoms with Gasteiger partial charge in [-0.05, 0) is 49.4 Å². The van der Waals surface area contributed by atoms with Crippen molar-refractivity contribution in [2.24, 2.45) is 0 Å². The summed E-state index contributed by atoms with van der Waals surface area (Å²) in [6.07, 6.45) is 0. The fraction of sp³-hybridized carbons (Fsp3) is 0.208. The van der Waals surface area contributed by atoms with E-state index in [1.807, 2.05) is 18.2 Å². The number of rotatable bonds is 10. The molecule has 7 nitrogen and oxygen atoms in total. The average molecular weight is 489 g/mol. The first-order valence-corrected chi connectivity index (χ1v) is 12.1. The number of ether oxygens (including phenoxy) is 2. The minimum absolute atomic E-state index is 0.00994. The molecule has 0 radical (unpaired) electrons. The lowest BCUT2D eigenvalue weighted by Gasteiger charge is -2.26. The van der Waals surface area contributed by atoms with Crippen molar-refractivity contribution in [1.82, 2.24) is 5.32 Å². The predicted octanol–water partition coefficient (Wildman–Crippen LogP) is 4.26. The standard InChI is InChI=1S/C24H25ClN2O5S/c1-3-32-23-11-7-5-9-21(23)27(33(29,30)20-14-12-19(25)13-15-20)17-24(28)26-16-18-8-4-6-10-22(18)31-2/h4-15H,3,16-17H2,1-2H3,(H,26,28). The third kappa shape index (κ3) is 5.97. The second-order valence-electron chi connectivity index (χ2n) is 6.95. The van der Waals surface area contributed by atoms with Gasteiger partial charge in [0.2, 0.25) is 5.91 Å². The third-order valence-corrected chi connectivity index (χ3v) is 6.82. The lowest BCUT2D eigenvalue weighted by atomic mass is 10.2. The number of halogens is 1. The molecule has 0 aliphatic carbocycles. The topological polar surface area (TPSA) is 84.9 Å². The van der Waals surface area contributed by atoms with Gasteiger partial charge in [-0.25, -0.2) is 8.42 Å². The van der Waals surface area contributed by atoms with E-state index in [1.54, 1.807) is 44.4 Å². The molecule has 0 saturated carbocycles. The van der Waals surface area contributed by atoms with E-state index in [-0.39, 0.29) is 17.1 Å². The maximum atomic E-state index is 13.5. The molecule has 3 aromatic rings. The number of hydrogen-bond donors (Lipinski definition) is 1. The second-order valence-corrected chi connectivity index (χ2v) is 9.25. The van der Waals surface area contributed by atoms with Crippen LogP contribution in [0.15, 0.2) is 77.7 Å². The van der Waals surface area contributed by atoms with Crippen LogP contribution in [0.25, 0.3) is 0 Å². The van der Waals surface area contributed by atoms with E-state index >= 15 is 0 Å². The van der Waals surface area contributed by atoms with Crippen LogP contribution >= 0.6 is 11.6 Å². The van der Waals surface area contributed by atoms with Gasteiger partial charge in [0, 0.05) is 17.1 Å². The van der Waals surface area contributed by atoms with Gasteiger partial charge >= 0.3 is 0 Å². The van der Waals surface area contributed by atoms with Crippen molar-refractivity contribution in [2.45, 2.75) is 18.4 Å². The zero-order chi connectivity index (χ0) is 23.8. The van der Waals surface area contributed by atoms with E-state index in [0.29, 0.717) is 23.1 Å². The van der Waals surface area contributed by atoms with Gasteiger partial charge in [-0.1, -0.05) is 41.9 Å². The number of hydrogen-bond acceptors (Lipinski definition) is 5. The quantitative estimate of drug-likeness (QED) is 0.461. The Morgan fingerprint density at radius 1 is 0.970 bits per heavy atom. The highest BCUT2D eigenvalue weighted by Crippen LogP contribution is 2.32. The van der Waals surface area contributed by atoms with Gasteiger partial charge in [-0.3, -0.25) is 9.10 Å². The Hall–Kier alpha value is -3.23. The van der Waals surface area contributed by atoms with Crippen LogP contribution < -0.4 is 19.1 Å². The summed E-state index contributed by atoms with van der Waals surface area (Å²) in [5.74, 6) is 0.505. The lowest BCUT2D eigenvalue weighted by Crippen LogP contribution is -2.41. The first kappa shape index (κ1) is 24.4. The highest BCUT2D eigenvalue weighted by molar-refractivity contribution is 7.92. The molecule has 0 saturated heterocycles. The van der Waals surface area contributed by atoms with Gasteiger partial charge in [-0.2, -0.15) is 0 Å². The van der Waals surface area contributed by atoms with E-state index in [0.717, 1.165) is 9.87 Å². The van der Waals surface area contributed by atoms with E-state index in [2.05, 4.69) is 5.32 Å². The molecule has 0 spiro atoms. The molecule has 1 N–H and O–H groups in total. The van der Waals surface area contributed by atoms with Gasteiger partial charge < -0.3 is 14.8 Å². The van der Waals surface area contributed by atoms with Gasteiger partial charge in [0.15, 0.2) is 0 Å². The predicted molar refractivity (Wildman–Crippen MR) is 128 cm³/mol. The van der Waals surface area contributed by atoms with Gasteiger partial charge in [0.25, 0.3) is 10.0 Å². The summed E-state index contributed by atoms with van der Waals surface area (Å²) in [5.41, 5.74) is 1.04. The molecular formula is C24H25ClN2O5S. The number of anilines is 1. The Morgan fingerprint density at radius 3 is 2.27 bits per heavy atom. The van der Waals surface area contributed by atoms with Gasteiger partial charge in [-0.15, -0.1) is 0 Å². The van der Waals surface area contributed by atoms with Crippen molar-refractivity contribution < 1.29 is 22.7 Å². The van der Waals surface area contributed by atoms with Crippen molar-refractivity contribution in [1.29, 1.82) is 0 Å². The Balaban J connectivity index is 1.92. The number of nitrogens with zero attached hydrogens (tertiary/aromatic N) is 1. The number of carbonyl (C=O) groups excluding carboxylic acids is 1. The normalized spacial score (nSPS) is 11.0. The number of amides is 1. The van der Waals surface area contributed by atoms with Gasteiger partial charge in [0.1, 0.15) is 18.0 Å². The summed E-state index contributed by atoms with van der Waals surface area (Å²) in [7, 11) is -2.55. The van der Waals surface area contributed by atoms with Crippen molar-refractivity contribution in [3.63, 3.8) is 0 Å². The number of sulfonamides is 1. The molecule has 0 unspecified atom stereocenters. The third-order valence-electron chi connectivity index (χ3n) is 4.79. The van der Waals surface area contributed by atoms with E-state index in [1.165, 1.54) is 24.3 Å². The number of benzene rings is 3. The van der Waals surface area contributed by atoms with Crippen LogP contribution in [-0.4, -0.2) is 34.6 Å². The highest BCUT2D eigenvalue weighted by Gasteiger charge is 2.29. The monoisotopic (exact) mass is 488 g/mol.